The molecule has 2 saturated heterocycles. The summed E-state index contributed by atoms with van der Waals surface area (Å²) < 4.78 is 0. The van der Waals surface area contributed by atoms with Gasteiger partial charge in [-0.15, -0.1) is 0 Å². The number of amides is 1. The highest BCUT2D eigenvalue weighted by Gasteiger charge is 2.37. The van der Waals surface area contributed by atoms with Gasteiger partial charge in [-0.25, -0.2) is 4.98 Å². The van der Waals surface area contributed by atoms with Gasteiger partial charge in [-0.1, -0.05) is 6.07 Å². The number of hydrogen-bond donors (Lipinski definition) is 1. The molecule has 6 nitrogen and oxygen atoms in total. The molecule has 2 aliphatic heterocycles. The zero-order valence-electron chi connectivity index (χ0n) is 14.0. The summed E-state index contributed by atoms with van der Waals surface area (Å²) in [7, 11) is 0. The molecule has 2 aromatic heterocycles. The molecule has 1 amide bonds. The van der Waals surface area contributed by atoms with E-state index in [1.807, 2.05) is 36.2 Å². The fraction of sp³-hybridized carbons (Fsp3) is 0.500. The van der Waals surface area contributed by atoms with Crippen LogP contribution >= 0.6 is 0 Å². The molecular weight excluding hydrogens is 302 g/mol. The molecule has 4 rings (SSSR count). The lowest BCUT2D eigenvalue weighted by Gasteiger charge is -2.28. The Bertz CT molecular complexity index is 713. The van der Waals surface area contributed by atoms with Gasteiger partial charge in [0.1, 0.15) is 11.5 Å². The van der Waals surface area contributed by atoms with Gasteiger partial charge in [-0.3, -0.25) is 9.89 Å². The largest absolute Gasteiger partial charge is 0.353 e. The molecule has 4 heterocycles. The van der Waals surface area contributed by atoms with E-state index in [0.717, 1.165) is 44.0 Å². The first-order chi connectivity index (χ1) is 11.7. The SMILES string of the molecule is Cc1cc(C(=O)N2CC[C@H]3CCN(c4ccccn4)[C@@H]3CC2)n[nH]1. The molecule has 24 heavy (non-hydrogen) atoms. The van der Waals surface area contributed by atoms with Crippen LogP contribution in [0.4, 0.5) is 5.82 Å². The van der Waals surface area contributed by atoms with Crippen molar-refractivity contribution in [3.63, 3.8) is 0 Å². The van der Waals surface area contributed by atoms with Crippen molar-refractivity contribution >= 4 is 11.7 Å². The van der Waals surface area contributed by atoms with Crippen LogP contribution in [0.1, 0.15) is 35.4 Å². The van der Waals surface area contributed by atoms with Crippen molar-refractivity contribution in [2.45, 2.75) is 32.2 Å². The minimum Gasteiger partial charge on any atom is -0.353 e. The lowest BCUT2D eigenvalue weighted by atomic mass is 9.96. The van der Waals surface area contributed by atoms with Gasteiger partial charge >= 0.3 is 0 Å². The van der Waals surface area contributed by atoms with Crippen molar-refractivity contribution in [1.82, 2.24) is 20.1 Å². The number of anilines is 1. The molecule has 126 valence electrons. The molecule has 0 spiro atoms. The van der Waals surface area contributed by atoms with Crippen LogP contribution < -0.4 is 4.90 Å². The Morgan fingerprint density at radius 1 is 1.21 bits per heavy atom. The molecular formula is C18H23N5O. The van der Waals surface area contributed by atoms with Crippen LogP contribution in [0.5, 0.6) is 0 Å². The summed E-state index contributed by atoms with van der Waals surface area (Å²) in [5.74, 6) is 1.75. The average molecular weight is 325 g/mol. The van der Waals surface area contributed by atoms with Crippen LogP contribution in [0.25, 0.3) is 0 Å². The fourth-order valence-corrected chi connectivity index (χ4v) is 4.07. The first kappa shape index (κ1) is 15.2. The predicted octanol–water partition coefficient (Wildman–Crippen LogP) is 2.24. The second kappa shape index (κ2) is 6.26. The Morgan fingerprint density at radius 2 is 2.04 bits per heavy atom. The number of fused-ring (bicyclic) bond motifs is 1. The van der Waals surface area contributed by atoms with Crippen LogP contribution in [-0.2, 0) is 0 Å². The number of hydrogen-bond acceptors (Lipinski definition) is 4. The molecule has 2 fully saturated rings. The maximum Gasteiger partial charge on any atom is 0.274 e. The van der Waals surface area contributed by atoms with Gasteiger partial charge < -0.3 is 9.80 Å². The van der Waals surface area contributed by atoms with Gasteiger partial charge in [0.05, 0.1) is 0 Å². The standard InChI is InChI=1S/C18H23N5O/c1-13-12-15(21-20-13)18(24)22-9-5-14-6-11-23(16(14)7-10-22)17-4-2-3-8-19-17/h2-4,8,12,14,16H,5-7,9-11H2,1H3,(H,20,21)/t14-,16+/m0/s1. The number of carbonyl (C=O) groups excluding carboxylic acids is 1. The van der Waals surface area contributed by atoms with Gasteiger partial charge in [0.2, 0.25) is 0 Å². The molecule has 0 bridgehead atoms. The highest BCUT2D eigenvalue weighted by molar-refractivity contribution is 5.92. The summed E-state index contributed by atoms with van der Waals surface area (Å²) in [4.78, 5) is 21.6. The number of H-pyrrole nitrogens is 1. The zero-order chi connectivity index (χ0) is 16.5. The Hall–Kier alpha value is -2.37. The molecule has 0 unspecified atom stereocenters. The third-order valence-corrected chi connectivity index (χ3v) is 5.31. The lowest BCUT2D eigenvalue weighted by Crippen LogP contribution is -2.36. The molecule has 0 radical (unpaired) electrons. The Balaban J connectivity index is 1.48. The van der Waals surface area contributed by atoms with Crippen LogP contribution in [-0.4, -0.2) is 51.7 Å². The summed E-state index contributed by atoms with van der Waals surface area (Å²) in [5, 5.41) is 6.98. The van der Waals surface area contributed by atoms with Gasteiger partial charge in [0, 0.05) is 37.6 Å². The number of aromatic nitrogens is 3. The van der Waals surface area contributed by atoms with E-state index >= 15 is 0 Å². The maximum absolute atomic E-state index is 12.7. The number of aromatic amines is 1. The van der Waals surface area contributed by atoms with Crippen LogP contribution in [0, 0.1) is 12.8 Å². The highest BCUT2D eigenvalue weighted by atomic mass is 16.2. The molecule has 0 aromatic carbocycles. The van der Waals surface area contributed by atoms with Gasteiger partial charge in [0.25, 0.3) is 5.91 Å². The number of nitrogens with one attached hydrogen (secondary N) is 1. The highest BCUT2D eigenvalue weighted by Crippen LogP contribution is 2.34. The average Bonchev–Trinajstić information content (AvgIpc) is 3.16. The normalized spacial score (nSPS) is 23.9. The van der Waals surface area contributed by atoms with E-state index in [4.69, 9.17) is 0 Å². The minimum atomic E-state index is 0.0451. The number of nitrogens with zero attached hydrogens (tertiary/aromatic N) is 4. The monoisotopic (exact) mass is 325 g/mol. The number of carbonyl (C=O) groups is 1. The van der Waals surface area contributed by atoms with Crippen molar-refractivity contribution in [2.24, 2.45) is 5.92 Å². The fourth-order valence-electron chi connectivity index (χ4n) is 4.07. The van der Waals surface area contributed by atoms with Gasteiger partial charge in [-0.05, 0) is 50.3 Å². The van der Waals surface area contributed by atoms with Gasteiger partial charge in [-0.2, -0.15) is 5.10 Å². The lowest BCUT2D eigenvalue weighted by molar-refractivity contribution is 0.0753. The second-order valence-electron chi connectivity index (χ2n) is 6.80. The number of aryl methyl sites for hydroxylation is 1. The topological polar surface area (TPSA) is 65.1 Å². The molecule has 0 aliphatic carbocycles. The van der Waals surface area contributed by atoms with E-state index in [9.17, 15) is 4.79 Å². The summed E-state index contributed by atoms with van der Waals surface area (Å²) in [5.41, 5.74) is 1.45. The van der Waals surface area contributed by atoms with E-state index in [2.05, 4.69) is 26.1 Å². The Kier molecular flexibility index (Phi) is 3.96. The molecule has 6 heteroatoms. The Labute approximate surface area is 141 Å². The smallest absolute Gasteiger partial charge is 0.274 e. The summed E-state index contributed by atoms with van der Waals surface area (Å²) in [6.45, 7) is 4.59. The van der Waals surface area contributed by atoms with E-state index < -0.39 is 0 Å². The first-order valence-corrected chi connectivity index (χ1v) is 8.71. The van der Waals surface area contributed by atoms with Crippen molar-refractivity contribution in [1.29, 1.82) is 0 Å². The number of rotatable bonds is 2. The Morgan fingerprint density at radius 3 is 2.79 bits per heavy atom. The van der Waals surface area contributed by atoms with Crippen molar-refractivity contribution in [2.75, 3.05) is 24.5 Å². The molecule has 2 aromatic rings. The summed E-state index contributed by atoms with van der Waals surface area (Å²) >= 11 is 0. The molecule has 0 saturated carbocycles. The summed E-state index contributed by atoms with van der Waals surface area (Å²) in [6, 6.07) is 8.40. The number of likely N-dealkylation sites (tertiary alicyclic amines) is 1. The van der Waals surface area contributed by atoms with Crippen molar-refractivity contribution < 1.29 is 4.79 Å². The van der Waals surface area contributed by atoms with E-state index in [-0.39, 0.29) is 5.91 Å². The van der Waals surface area contributed by atoms with Gasteiger partial charge in [0.15, 0.2) is 0 Å². The molecule has 2 aliphatic rings. The minimum absolute atomic E-state index is 0.0451. The van der Waals surface area contributed by atoms with E-state index in [1.54, 1.807) is 0 Å². The summed E-state index contributed by atoms with van der Waals surface area (Å²) in [6.07, 6.45) is 5.10. The van der Waals surface area contributed by atoms with Crippen molar-refractivity contribution in [3.05, 3.63) is 41.9 Å². The quantitative estimate of drug-likeness (QED) is 0.920. The first-order valence-electron chi connectivity index (χ1n) is 8.71. The van der Waals surface area contributed by atoms with Crippen LogP contribution in [0.15, 0.2) is 30.5 Å². The number of pyridine rings is 1. The third kappa shape index (κ3) is 2.77. The third-order valence-electron chi connectivity index (χ3n) is 5.31. The second-order valence-corrected chi connectivity index (χ2v) is 6.80. The predicted molar refractivity (Wildman–Crippen MR) is 91.9 cm³/mol. The zero-order valence-corrected chi connectivity index (χ0v) is 14.0. The van der Waals surface area contributed by atoms with E-state index in [1.165, 1.54) is 6.42 Å². The van der Waals surface area contributed by atoms with Crippen LogP contribution in [0.3, 0.4) is 0 Å². The van der Waals surface area contributed by atoms with Crippen LogP contribution in [0.2, 0.25) is 0 Å². The van der Waals surface area contributed by atoms with E-state index in [0.29, 0.717) is 17.7 Å². The maximum atomic E-state index is 12.7. The molecule has 2 atom stereocenters. The van der Waals surface area contributed by atoms with Crippen molar-refractivity contribution in [3.8, 4) is 0 Å². The molecule has 1 N–H and O–H groups in total.